The molecule has 4 rings (SSSR count). The van der Waals surface area contributed by atoms with Gasteiger partial charge in [0.1, 0.15) is 10.7 Å². The van der Waals surface area contributed by atoms with Crippen LogP contribution in [0, 0.1) is 12.7 Å². The highest BCUT2D eigenvalue weighted by atomic mass is 32.2. The Morgan fingerprint density at radius 2 is 1.89 bits per heavy atom. The fraction of sp³-hybridized carbons (Fsp3) is 0.300. The third kappa shape index (κ3) is 3.57. The molecule has 1 aromatic heterocycles. The van der Waals surface area contributed by atoms with Crippen molar-refractivity contribution in [3.05, 3.63) is 65.8 Å². The van der Waals surface area contributed by atoms with Crippen molar-refractivity contribution in [3.63, 3.8) is 0 Å². The molecule has 0 spiro atoms. The fourth-order valence-electron chi connectivity index (χ4n) is 3.38. The van der Waals surface area contributed by atoms with Crippen LogP contribution in [0.1, 0.15) is 30.2 Å². The molecule has 0 saturated carbocycles. The van der Waals surface area contributed by atoms with Gasteiger partial charge in [0.15, 0.2) is 0 Å². The molecule has 1 aliphatic rings. The summed E-state index contributed by atoms with van der Waals surface area (Å²) in [6.07, 6.45) is 1.37. The molecule has 1 saturated heterocycles. The van der Waals surface area contributed by atoms with Gasteiger partial charge in [-0.05, 0) is 31.9 Å². The predicted octanol–water partition coefficient (Wildman–Crippen LogP) is 3.75. The second-order valence-electron chi connectivity index (χ2n) is 6.95. The number of hydrogen-bond acceptors (Lipinski definition) is 5. The summed E-state index contributed by atoms with van der Waals surface area (Å²) in [5, 5.41) is 4.04. The highest BCUT2D eigenvalue weighted by molar-refractivity contribution is 7.89. The van der Waals surface area contributed by atoms with E-state index in [0.29, 0.717) is 24.7 Å². The van der Waals surface area contributed by atoms with Crippen molar-refractivity contribution < 1.29 is 17.3 Å². The van der Waals surface area contributed by atoms with Gasteiger partial charge in [0.2, 0.25) is 21.7 Å². The molecule has 1 fully saturated rings. The number of aryl methyl sites for hydroxylation is 1. The van der Waals surface area contributed by atoms with Gasteiger partial charge in [-0.25, -0.2) is 12.8 Å². The Balaban J connectivity index is 1.56. The first-order chi connectivity index (χ1) is 13.4. The van der Waals surface area contributed by atoms with Gasteiger partial charge >= 0.3 is 0 Å². The van der Waals surface area contributed by atoms with Crippen molar-refractivity contribution in [2.24, 2.45) is 0 Å². The number of aromatic nitrogens is 2. The topological polar surface area (TPSA) is 76.3 Å². The lowest BCUT2D eigenvalue weighted by molar-refractivity contribution is 0.265. The van der Waals surface area contributed by atoms with Crippen molar-refractivity contribution in [1.29, 1.82) is 0 Å². The van der Waals surface area contributed by atoms with Crippen LogP contribution < -0.4 is 0 Å². The lowest BCUT2D eigenvalue weighted by atomic mass is 10.00. The van der Waals surface area contributed by atoms with Crippen LogP contribution in [-0.2, 0) is 10.0 Å². The predicted molar refractivity (Wildman–Crippen MR) is 102 cm³/mol. The van der Waals surface area contributed by atoms with Gasteiger partial charge in [-0.2, -0.15) is 9.29 Å². The van der Waals surface area contributed by atoms with Gasteiger partial charge in [-0.3, -0.25) is 0 Å². The summed E-state index contributed by atoms with van der Waals surface area (Å²) in [6, 6.07) is 13.2. The zero-order valence-corrected chi connectivity index (χ0v) is 16.2. The summed E-state index contributed by atoms with van der Waals surface area (Å²) in [7, 11) is -3.92. The second-order valence-corrected chi connectivity index (χ2v) is 8.86. The quantitative estimate of drug-likeness (QED) is 0.665. The van der Waals surface area contributed by atoms with Crippen molar-refractivity contribution in [1.82, 2.24) is 14.4 Å². The molecule has 0 unspecified atom stereocenters. The van der Waals surface area contributed by atoms with Crippen molar-refractivity contribution >= 4 is 10.0 Å². The number of hydrogen-bond donors (Lipinski definition) is 0. The lowest BCUT2D eigenvalue weighted by Gasteiger charge is -2.30. The van der Waals surface area contributed by atoms with Gasteiger partial charge in [0.25, 0.3) is 0 Å². The number of nitrogens with zero attached hydrogens (tertiary/aromatic N) is 3. The molecule has 2 aromatic carbocycles. The molecule has 1 atom stereocenters. The van der Waals surface area contributed by atoms with E-state index in [4.69, 9.17) is 4.52 Å². The molecule has 0 N–H and O–H groups in total. The van der Waals surface area contributed by atoms with Crippen LogP contribution in [0.4, 0.5) is 4.39 Å². The molecule has 146 valence electrons. The summed E-state index contributed by atoms with van der Waals surface area (Å²) in [5.41, 5.74) is 1.97. The third-order valence-corrected chi connectivity index (χ3v) is 6.84. The molecule has 0 bridgehead atoms. The standard InChI is InChI=1S/C20H20FN3O3S/c1-14-8-10-15(11-9-14)19-22-20(27-23-19)16-5-4-12-24(13-16)28(25,26)18-7-3-2-6-17(18)21/h2-3,6-11,16H,4-5,12-13H2,1H3/t16-/m0/s1. The van der Waals surface area contributed by atoms with E-state index in [1.165, 1.54) is 22.5 Å². The van der Waals surface area contributed by atoms with Gasteiger partial charge in [-0.15, -0.1) is 0 Å². The molecular weight excluding hydrogens is 381 g/mol. The molecule has 3 aromatic rings. The maximum absolute atomic E-state index is 14.0. The van der Waals surface area contributed by atoms with Crippen LogP contribution in [0.5, 0.6) is 0 Å². The van der Waals surface area contributed by atoms with Crippen molar-refractivity contribution in [2.75, 3.05) is 13.1 Å². The average molecular weight is 401 g/mol. The van der Waals surface area contributed by atoms with Gasteiger partial charge in [-0.1, -0.05) is 47.1 Å². The molecular formula is C20H20FN3O3S. The molecule has 6 nitrogen and oxygen atoms in total. The highest BCUT2D eigenvalue weighted by Gasteiger charge is 2.34. The summed E-state index contributed by atoms with van der Waals surface area (Å²) in [6.45, 7) is 2.52. The smallest absolute Gasteiger partial charge is 0.246 e. The largest absolute Gasteiger partial charge is 0.339 e. The van der Waals surface area contributed by atoms with Crippen LogP contribution in [0.2, 0.25) is 0 Å². The van der Waals surface area contributed by atoms with Gasteiger partial charge in [0, 0.05) is 18.7 Å². The SMILES string of the molecule is Cc1ccc(-c2noc([C@H]3CCCN(S(=O)(=O)c4ccccc4F)C3)n2)cc1. The van der Waals surface area contributed by atoms with E-state index < -0.39 is 15.8 Å². The van der Waals surface area contributed by atoms with Crippen LogP contribution in [-0.4, -0.2) is 36.0 Å². The summed E-state index contributed by atoms with van der Waals surface area (Å²) >= 11 is 0. The normalized spacial score (nSPS) is 18.3. The molecule has 8 heteroatoms. The first kappa shape index (κ1) is 18.8. The summed E-state index contributed by atoms with van der Waals surface area (Å²) in [5.74, 6) is -0.0841. The Hall–Kier alpha value is -2.58. The van der Waals surface area contributed by atoms with E-state index in [2.05, 4.69) is 10.1 Å². The van der Waals surface area contributed by atoms with Crippen molar-refractivity contribution in [3.8, 4) is 11.4 Å². The maximum Gasteiger partial charge on any atom is 0.246 e. The Labute approximate surface area is 163 Å². The van der Waals surface area contributed by atoms with E-state index >= 15 is 0 Å². The Kier molecular flexibility index (Phi) is 4.99. The molecule has 2 heterocycles. The van der Waals surface area contributed by atoms with E-state index in [0.717, 1.165) is 23.6 Å². The van der Waals surface area contributed by atoms with Crippen molar-refractivity contribution in [2.45, 2.75) is 30.6 Å². The zero-order valence-electron chi connectivity index (χ0n) is 15.4. The molecule has 28 heavy (non-hydrogen) atoms. The van der Waals surface area contributed by atoms with E-state index in [-0.39, 0.29) is 17.4 Å². The number of benzene rings is 2. The lowest BCUT2D eigenvalue weighted by Crippen LogP contribution is -2.39. The monoisotopic (exact) mass is 401 g/mol. The second kappa shape index (κ2) is 7.44. The Bertz CT molecular complexity index is 1080. The number of sulfonamides is 1. The summed E-state index contributed by atoms with van der Waals surface area (Å²) in [4.78, 5) is 4.16. The minimum Gasteiger partial charge on any atom is -0.339 e. The van der Waals surface area contributed by atoms with Crippen LogP contribution >= 0.6 is 0 Å². The highest BCUT2D eigenvalue weighted by Crippen LogP contribution is 2.31. The minimum absolute atomic E-state index is 0.187. The number of halogens is 1. The minimum atomic E-state index is -3.92. The third-order valence-electron chi connectivity index (χ3n) is 4.94. The number of rotatable bonds is 4. The Morgan fingerprint density at radius 1 is 1.14 bits per heavy atom. The average Bonchev–Trinajstić information content (AvgIpc) is 3.19. The summed E-state index contributed by atoms with van der Waals surface area (Å²) < 4.78 is 46.5. The van der Waals surface area contributed by atoms with Gasteiger partial charge < -0.3 is 4.52 Å². The molecule has 1 aliphatic heterocycles. The van der Waals surface area contributed by atoms with Crippen LogP contribution in [0.25, 0.3) is 11.4 Å². The van der Waals surface area contributed by atoms with E-state index in [9.17, 15) is 12.8 Å². The van der Waals surface area contributed by atoms with E-state index in [1.807, 2.05) is 31.2 Å². The molecule has 0 radical (unpaired) electrons. The Morgan fingerprint density at radius 3 is 2.64 bits per heavy atom. The first-order valence-corrected chi connectivity index (χ1v) is 10.5. The molecule has 0 amide bonds. The molecule has 0 aliphatic carbocycles. The van der Waals surface area contributed by atoms with Crippen LogP contribution in [0.3, 0.4) is 0 Å². The van der Waals surface area contributed by atoms with E-state index in [1.54, 1.807) is 0 Å². The van der Waals surface area contributed by atoms with Gasteiger partial charge in [0.05, 0.1) is 5.92 Å². The number of piperidine rings is 1. The fourth-order valence-corrected chi connectivity index (χ4v) is 4.97. The maximum atomic E-state index is 14.0. The first-order valence-electron chi connectivity index (χ1n) is 9.10. The zero-order chi connectivity index (χ0) is 19.7. The van der Waals surface area contributed by atoms with Crippen LogP contribution in [0.15, 0.2) is 57.9 Å².